The van der Waals surface area contributed by atoms with E-state index in [1.54, 1.807) is 57.9 Å². The van der Waals surface area contributed by atoms with Gasteiger partial charge in [0.1, 0.15) is 11.3 Å². The van der Waals surface area contributed by atoms with Gasteiger partial charge in [-0.2, -0.15) is 9.78 Å². The number of rotatable bonds is 6. The number of methoxy groups -OCH3 is 3. The van der Waals surface area contributed by atoms with E-state index in [4.69, 9.17) is 23.6 Å². The number of hydrogen-bond acceptors (Lipinski definition) is 7. The Morgan fingerprint density at radius 1 is 0.943 bits per heavy atom. The minimum Gasteiger partial charge on any atom is -0.496 e. The van der Waals surface area contributed by atoms with Crippen LogP contribution in [0.15, 0.2) is 75.0 Å². The van der Waals surface area contributed by atoms with E-state index >= 15 is 0 Å². The number of furan rings is 1. The summed E-state index contributed by atoms with van der Waals surface area (Å²) < 4.78 is 24.5. The molecule has 0 N–H and O–H groups in total. The first-order valence-corrected chi connectivity index (χ1v) is 11.7. The maximum absolute atomic E-state index is 13.5. The summed E-state index contributed by atoms with van der Waals surface area (Å²) in [5, 5.41) is 5.74. The first-order chi connectivity index (χ1) is 17.0. The lowest BCUT2D eigenvalue weighted by Gasteiger charge is -2.10. The summed E-state index contributed by atoms with van der Waals surface area (Å²) in [5.41, 5.74) is 1.58. The molecule has 0 aliphatic carbocycles. The highest BCUT2D eigenvalue weighted by Crippen LogP contribution is 2.34. The van der Waals surface area contributed by atoms with Gasteiger partial charge in [-0.25, -0.2) is 4.98 Å². The van der Waals surface area contributed by atoms with Crippen LogP contribution in [0.25, 0.3) is 33.5 Å². The molecule has 0 aliphatic rings. The van der Waals surface area contributed by atoms with E-state index in [-0.39, 0.29) is 11.4 Å². The molecule has 0 radical (unpaired) electrons. The number of nitrogens with zero attached hydrogens (tertiary/aromatic N) is 3. The van der Waals surface area contributed by atoms with Gasteiger partial charge in [0.25, 0.3) is 5.56 Å². The number of aromatic nitrogens is 2. The Bertz CT molecular complexity index is 1660. The van der Waals surface area contributed by atoms with Gasteiger partial charge in [-0.1, -0.05) is 18.2 Å². The first kappa shape index (κ1) is 22.9. The Balaban J connectivity index is 1.71. The highest BCUT2D eigenvalue weighted by molar-refractivity contribution is 14.1. The van der Waals surface area contributed by atoms with Crippen LogP contribution in [0, 0.1) is 3.57 Å². The fraction of sp³-hybridized carbons (Fsp3) is 0.115. The van der Waals surface area contributed by atoms with Gasteiger partial charge >= 0.3 is 0 Å². The fourth-order valence-corrected chi connectivity index (χ4v) is 4.70. The lowest BCUT2D eigenvalue weighted by Crippen LogP contribution is -2.20. The summed E-state index contributed by atoms with van der Waals surface area (Å²) in [6, 6.07) is 18.1. The van der Waals surface area contributed by atoms with Crippen molar-refractivity contribution in [1.82, 2.24) is 9.66 Å². The molecule has 35 heavy (non-hydrogen) atoms. The minimum atomic E-state index is -0.315. The third kappa shape index (κ3) is 4.12. The van der Waals surface area contributed by atoms with Crippen LogP contribution < -0.4 is 19.8 Å². The third-order valence-corrected chi connectivity index (χ3v) is 6.30. The van der Waals surface area contributed by atoms with Crippen molar-refractivity contribution in [2.75, 3.05) is 21.3 Å². The molecule has 5 rings (SSSR count). The maximum Gasteiger partial charge on any atom is 0.282 e. The lowest BCUT2D eigenvalue weighted by molar-refractivity contribution is 0.353. The number of para-hydroxylation sites is 1. The highest BCUT2D eigenvalue weighted by Gasteiger charge is 2.18. The predicted octanol–water partition coefficient (Wildman–Crippen LogP) is 5.32. The molecule has 0 bridgehead atoms. The van der Waals surface area contributed by atoms with Crippen molar-refractivity contribution < 1.29 is 18.6 Å². The Hall–Kier alpha value is -3.86. The minimum absolute atomic E-state index is 0.276. The van der Waals surface area contributed by atoms with Gasteiger partial charge in [-0.05, 0) is 70.6 Å². The molecule has 0 amide bonds. The van der Waals surface area contributed by atoms with Gasteiger partial charge in [0.15, 0.2) is 17.3 Å². The quantitative estimate of drug-likeness (QED) is 0.199. The van der Waals surface area contributed by atoms with Crippen LogP contribution in [-0.2, 0) is 0 Å². The monoisotopic (exact) mass is 581 g/mol. The average Bonchev–Trinajstić information content (AvgIpc) is 3.32. The molecule has 0 aliphatic heterocycles. The number of fused-ring (bicyclic) bond motifs is 2. The Morgan fingerprint density at radius 3 is 2.51 bits per heavy atom. The molecule has 0 unspecified atom stereocenters. The van der Waals surface area contributed by atoms with E-state index in [1.165, 1.54) is 4.68 Å². The van der Waals surface area contributed by atoms with Crippen LogP contribution in [0.4, 0.5) is 0 Å². The number of hydrogen-bond donors (Lipinski definition) is 0. The van der Waals surface area contributed by atoms with Crippen LogP contribution in [0.3, 0.4) is 0 Å². The molecule has 3 aromatic carbocycles. The summed E-state index contributed by atoms with van der Waals surface area (Å²) in [6.07, 6.45) is 1.58. The van der Waals surface area contributed by atoms with Crippen LogP contribution >= 0.6 is 22.6 Å². The van der Waals surface area contributed by atoms with Crippen molar-refractivity contribution in [3.8, 4) is 28.8 Å². The van der Waals surface area contributed by atoms with Crippen molar-refractivity contribution in [2.45, 2.75) is 0 Å². The summed E-state index contributed by atoms with van der Waals surface area (Å²) in [6.45, 7) is 0. The zero-order valence-electron chi connectivity index (χ0n) is 19.1. The molecule has 2 aromatic heterocycles. The molecule has 5 aromatic rings. The zero-order valence-corrected chi connectivity index (χ0v) is 21.3. The van der Waals surface area contributed by atoms with Crippen molar-refractivity contribution in [1.29, 1.82) is 0 Å². The van der Waals surface area contributed by atoms with Crippen LogP contribution in [0.2, 0.25) is 0 Å². The van der Waals surface area contributed by atoms with Crippen LogP contribution in [-0.4, -0.2) is 37.2 Å². The second-order valence-electron chi connectivity index (χ2n) is 7.54. The molecule has 0 saturated carbocycles. The molecule has 9 heteroatoms. The molecule has 8 nitrogen and oxygen atoms in total. The summed E-state index contributed by atoms with van der Waals surface area (Å²) >= 11 is 2.16. The van der Waals surface area contributed by atoms with E-state index in [9.17, 15) is 4.79 Å². The first-order valence-electron chi connectivity index (χ1n) is 10.6. The lowest BCUT2D eigenvalue weighted by atomic mass is 10.2. The van der Waals surface area contributed by atoms with E-state index in [0.717, 1.165) is 14.5 Å². The summed E-state index contributed by atoms with van der Waals surface area (Å²) in [5.74, 6) is 2.53. The molecule has 2 heterocycles. The van der Waals surface area contributed by atoms with E-state index < -0.39 is 0 Å². The van der Waals surface area contributed by atoms with Gasteiger partial charge in [0.05, 0.1) is 47.4 Å². The molecule has 0 fully saturated rings. The van der Waals surface area contributed by atoms with Crippen molar-refractivity contribution in [3.05, 3.63) is 80.2 Å². The Labute approximate surface area is 213 Å². The van der Waals surface area contributed by atoms with E-state index in [0.29, 0.717) is 39.5 Å². The Morgan fingerprint density at radius 2 is 1.74 bits per heavy atom. The largest absolute Gasteiger partial charge is 0.496 e. The van der Waals surface area contributed by atoms with E-state index in [1.807, 2.05) is 30.3 Å². The second kappa shape index (κ2) is 9.41. The predicted molar refractivity (Wildman–Crippen MR) is 143 cm³/mol. The van der Waals surface area contributed by atoms with Crippen LogP contribution in [0.1, 0.15) is 5.56 Å². The molecular formula is C26H20IN3O5. The van der Waals surface area contributed by atoms with Crippen molar-refractivity contribution in [3.63, 3.8) is 0 Å². The standard InChI is InChI=1S/C26H20IN3O5/c1-32-20-9-6-10-21-17(20)13-23(35-21)25-29-19-8-5-4-7-16(19)26(31)30(25)28-14-15-11-18(27)24(34-3)22(12-15)33-2/h4-14H,1-3H3. The summed E-state index contributed by atoms with van der Waals surface area (Å²) in [7, 11) is 4.75. The maximum atomic E-state index is 13.5. The fourth-order valence-electron chi connectivity index (χ4n) is 3.85. The SMILES string of the molecule is COc1cc(C=Nn2c(-c3cc4c(OC)cccc4o3)nc3ccccc3c2=O)cc(I)c1OC. The Kier molecular flexibility index (Phi) is 6.16. The normalized spacial score (nSPS) is 11.4. The van der Waals surface area contributed by atoms with Crippen molar-refractivity contribution in [2.24, 2.45) is 5.10 Å². The van der Waals surface area contributed by atoms with Gasteiger partial charge in [0, 0.05) is 0 Å². The van der Waals surface area contributed by atoms with Gasteiger partial charge in [-0.15, -0.1) is 0 Å². The highest BCUT2D eigenvalue weighted by atomic mass is 127. The van der Waals surface area contributed by atoms with Crippen LogP contribution in [0.5, 0.6) is 17.2 Å². The summed E-state index contributed by atoms with van der Waals surface area (Å²) in [4.78, 5) is 18.2. The van der Waals surface area contributed by atoms with Gasteiger partial charge < -0.3 is 18.6 Å². The molecule has 0 saturated heterocycles. The average molecular weight is 581 g/mol. The van der Waals surface area contributed by atoms with Gasteiger partial charge in [-0.3, -0.25) is 4.79 Å². The van der Waals surface area contributed by atoms with Crippen molar-refractivity contribution >= 4 is 50.7 Å². The molecular weight excluding hydrogens is 561 g/mol. The topological polar surface area (TPSA) is 88.1 Å². The molecule has 0 atom stereocenters. The third-order valence-electron chi connectivity index (χ3n) is 5.49. The zero-order chi connectivity index (χ0) is 24.5. The number of ether oxygens (including phenoxy) is 3. The molecule has 0 spiro atoms. The number of benzene rings is 3. The van der Waals surface area contributed by atoms with Gasteiger partial charge in [0.2, 0.25) is 5.82 Å². The second-order valence-corrected chi connectivity index (χ2v) is 8.70. The molecule has 176 valence electrons. The number of halogens is 1. The smallest absolute Gasteiger partial charge is 0.282 e. The van der Waals surface area contributed by atoms with E-state index in [2.05, 4.69) is 27.7 Å².